The molecule has 0 aliphatic heterocycles. The average Bonchev–Trinajstić information content (AvgIpc) is 2.96. The second kappa shape index (κ2) is 15.0. The van der Waals surface area contributed by atoms with Crippen LogP contribution in [-0.2, 0) is 0 Å². The number of nitrogens with one attached hydrogen (secondary N) is 2. The Morgan fingerprint density at radius 1 is 0.425 bits per heavy atom. The van der Waals surface area contributed by atoms with E-state index in [1.54, 1.807) is 0 Å². The second-order valence-corrected chi connectivity index (χ2v) is 11.1. The molecule has 210 valence electrons. The van der Waals surface area contributed by atoms with Gasteiger partial charge in [0.15, 0.2) is 0 Å². The molecular formula is C36H46N4. The maximum atomic E-state index is 3.48. The Kier molecular flexibility index (Phi) is 10.9. The average molecular weight is 535 g/mol. The standard InChI is InChI=1S/C36H46N4/c1-29(2)39(35-23-19-33(20-24-35)37-31-15-9-7-10-16-31)27-13-5-6-14-28-40(30(3)4)36-25-21-34(22-26-36)38-32-17-11-8-12-18-32/h7-12,15-26,29-30,37-38H,5-6,13-14,27-28H2,1-4H3. The summed E-state index contributed by atoms with van der Waals surface area (Å²) in [6.07, 6.45) is 4.93. The highest BCUT2D eigenvalue weighted by Crippen LogP contribution is 2.25. The van der Waals surface area contributed by atoms with Crippen molar-refractivity contribution in [3.8, 4) is 0 Å². The predicted molar refractivity (Wildman–Crippen MR) is 176 cm³/mol. The molecule has 0 fully saturated rings. The van der Waals surface area contributed by atoms with Crippen LogP contribution in [0.3, 0.4) is 0 Å². The summed E-state index contributed by atoms with van der Waals surface area (Å²) >= 11 is 0. The van der Waals surface area contributed by atoms with Crippen LogP contribution in [0.2, 0.25) is 0 Å². The first-order valence-corrected chi connectivity index (χ1v) is 14.9. The van der Waals surface area contributed by atoms with Crippen molar-refractivity contribution in [2.45, 2.75) is 65.5 Å². The molecule has 0 unspecified atom stereocenters. The number of nitrogens with zero attached hydrogens (tertiary/aromatic N) is 2. The van der Waals surface area contributed by atoms with Crippen molar-refractivity contribution in [1.82, 2.24) is 0 Å². The van der Waals surface area contributed by atoms with Gasteiger partial charge in [-0.25, -0.2) is 0 Å². The summed E-state index contributed by atoms with van der Waals surface area (Å²) in [7, 11) is 0. The third-order valence-corrected chi connectivity index (χ3v) is 7.32. The fourth-order valence-corrected chi connectivity index (χ4v) is 5.14. The molecule has 40 heavy (non-hydrogen) atoms. The summed E-state index contributed by atoms with van der Waals surface area (Å²) in [5.41, 5.74) is 7.06. The van der Waals surface area contributed by atoms with Crippen LogP contribution >= 0.6 is 0 Å². The molecule has 0 aliphatic carbocycles. The lowest BCUT2D eigenvalue weighted by molar-refractivity contribution is 0.578. The van der Waals surface area contributed by atoms with Gasteiger partial charge in [0.05, 0.1) is 0 Å². The lowest BCUT2D eigenvalue weighted by atomic mass is 10.1. The summed E-state index contributed by atoms with van der Waals surface area (Å²) in [6, 6.07) is 39.3. The van der Waals surface area contributed by atoms with Gasteiger partial charge >= 0.3 is 0 Å². The number of unbranched alkanes of at least 4 members (excludes halogenated alkanes) is 3. The SMILES string of the molecule is CC(C)N(CCCCCCN(c1ccc(Nc2ccccc2)cc1)C(C)C)c1ccc(Nc2ccccc2)cc1. The van der Waals surface area contributed by atoms with Crippen LogP contribution in [0.15, 0.2) is 109 Å². The normalized spacial score (nSPS) is 11.1. The maximum absolute atomic E-state index is 3.48. The molecule has 4 aromatic carbocycles. The van der Waals surface area contributed by atoms with Crippen molar-refractivity contribution >= 4 is 34.1 Å². The summed E-state index contributed by atoms with van der Waals surface area (Å²) in [5.74, 6) is 0. The molecule has 0 aromatic heterocycles. The molecule has 4 heteroatoms. The van der Waals surface area contributed by atoms with Crippen LogP contribution in [0, 0.1) is 0 Å². The van der Waals surface area contributed by atoms with Gasteiger partial charge < -0.3 is 20.4 Å². The number of para-hydroxylation sites is 2. The van der Waals surface area contributed by atoms with E-state index in [1.807, 2.05) is 12.1 Å². The van der Waals surface area contributed by atoms with E-state index in [0.717, 1.165) is 35.8 Å². The maximum Gasteiger partial charge on any atom is 0.0385 e. The molecule has 0 amide bonds. The Labute approximate surface area is 242 Å². The van der Waals surface area contributed by atoms with Crippen LogP contribution < -0.4 is 20.4 Å². The van der Waals surface area contributed by atoms with Crippen LogP contribution in [0.4, 0.5) is 34.1 Å². The Bertz CT molecular complexity index is 1130. The monoisotopic (exact) mass is 534 g/mol. The molecule has 0 saturated heterocycles. The summed E-state index contributed by atoms with van der Waals surface area (Å²) in [4.78, 5) is 5.05. The summed E-state index contributed by atoms with van der Waals surface area (Å²) in [6.45, 7) is 11.3. The first-order valence-electron chi connectivity index (χ1n) is 14.9. The summed E-state index contributed by atoms with van der Waals surface area (Å²) < 4.78 is 0. The number of anilines is 6. The van der Waals surface area contributed by atoms with Crippen LogP contribution in [0.5, 0.6) is 0 Å². The van der Waals surface area contributed by atoms with Gasteiger partial charge in [-0.1, -0.05) is 49.2 Å². The number of hydrogen-bond acceptors (Lipinski definition) is 4. The fraction of sp³-hybridized carbons (Fsp3) is 0.333. The van der Waals surface area contributed by atoms with Crippen molar-refractivity contribution in [3.63, 3.8) is 0 Å². The Morgan fingerprint density at radius 2 is 0.750 bits per heavy atom. The Hall–Kier alpha value is -3.92. The zero-order valence-corrected chi connectivity index (χ0v) is 24.7. The topological polar surface area (TPSA) is 30.5 Å². The Morgan fingerprint density at radius 3 is 1.07 bits per heavy atom. The van der Waals surface area contributed by atoms with Gasteiger partial charge in [-0.2, -0.15) is 0 Å². The van der Waals surface area contributed by atoms with Crippen molar-refractivity contribution in [2.75, 3.05) is 33.5 Å². The third kappa shape index (κ3) is 8.81. The van der Waals surface area contributed by atoms with Crippen LogP contribution in [0.25, 0.3) is 0 Å². The fourth-order valence-electron chi connectivity index (χ4n) is 5.14. The number of benzene rings is 4. The first-order chi connectivity index (χ1) is 19.5. The van der Waals surface area contributed by atoms with Gasteiger partial charge in [-0.05, 0) is 113 Å². The molecule has 4 nitrogen and oxygen atoms in total. The zero-order chi connectivity index (χ0) is 28.2. The van der Waals surface area contributed by atoms with Crippen molar-refractivity contribution in [1.29, 1.82) is 0 Å². The lowest BCUT2D eigenvalue weighted by Crippen LogP contribution is -2.32. The quantitative estimate of drug-likeness (QED) is 0.149. The highest BCUT2D eigenvalue weighted by atomic mass is 15.2. The Balaban J connectivity index is 1.21. The van der Waals surface area contributed by atoms with Gasteiger partial charge in [0.1, 0.15) is 0 Å². The molecule has 0 saturated carbocycles. The van der Waals surface area contributed by atoms with Crippen molar-refractivity contribution < 1.29 is 0 Å². The molecule has 0 atom stereocenters. The minimum atomic E-state index is 0.476. The third-order valence-electron chi connectivity index (χ3n) is 7.32. The second-order valence-electron chi connectivity index (χ2n) is 11.1. The van der Waals surface area contributed by atoms with Crippen LogP contribution in [-0.4, -0.2) is 25.2 Å². The molecule has 0 aliphatic rings. The first kappa shape index (κ1) is 29.1. The number of hydrogen-bond donors (Lipinski definition) is 2. The van der Waals surface area contributed by atoms with E-state index in [0.29, 0.717) is 12.1 Å². The molecule has 2 N–H and O–H groups in total. The smallest absolute Gasteiger partial charge is 0.0385 e. The van der Waals surface area contributed by atoms with E-state index < -0.39 is 0 Å². The van der Waals surface area contributed by atoms with Gasteiger partial charge in [0.25, 0.3) is 0 Å². The minimum Gasteiger partial charge on any atom is -0.369 e. The van der Waals surface area contributed by atoms with Crippen molar-refractivity contribution in [3.05, 3.63) is 109 Å². The largest absolute Gasteiger partial charge is 0.369 e. The molecular weight excluding hydrogens is 488 g/mol. The summed E-state index contributed by atoms with van der Waals surface area (Å²) in [5, 5.41) is 6.96. The molecule has 0 radical (unpaired) electrons. The lowest BCUT2D eigenvalue weighted by Gasteiger charge is -2.30. The van der Waals surface area contributed by atoms with E-state index in [-0.39, 0.29) is 0 Å². The van der Waals surface area contributed by atoms with Crippen LogP contribution in [0.1, 0.15) is 53.4 Å². The predicted octanol–water partition coefficient (Wildman–Crippen LogP) is 9.86. The van der Waals surface area contributed by atoms with E-state index in [2.05, 4.69) is 145 Å². The molecule has 4 rings (SSSR count). The molecule has 0 bridgehead atoms. The highest BCUT2D eigenvalue weighted by Gasteiger charge is 2.12. The highest BCUT2D eigenvalue weighted by molar-refractivity contribution is 5.64. The van der Waals surface area contributed by atoms with Gasteiger partial charge in [0.2, 0.25) is 0 Å². The zero-order valence-electron chi connectivity index (χ0n) is 24.7. The molecule has 0 spiro atoms. The van der Waals surface area contributed by atoms with E-state index in [4.69, 9.17) is 0 Å². The van der Waals surface area contributed by atoms with Gasteiger partial charge in [-0.3, -0.25) is 0 Å². The van der Waals surface area contributed by atoms with E-state index in [9.17, 15) is 0 Å². The van der Waals surface area contributed by atoms with E-state index in [1.165, 1.54) is 37.1 Å². The van der Waals surface area contributed by atoms with E-state index >= 15 is 0 Å². The molecule has 4 aromatic rings. The van der Waals surface area contributed by atoms with Gasteiger partial charge in [-0.15, -0.1) is 0 Å². The minimum absolute atomic E-state index is 0.476. The van der Waals surface area contributed by atoms with Crippen molar-refractivity contribution in [2.24, 2.45) is 0 Å². The molecule has 0 heterocycles. The van der Waals surface area contributed by atoms with Gasteiger partial charge in [0, 0.05) is 59.3 Å². The number of rotatable bonds is 15.